The number of fused-ring (bicyclic) bond motifs is 2. The van der Waals surface area contributed by atoms with Gasteiger partial charge in [-0.05, 0) is 49.4 Å². The van der Waals surface area contributed by atoms with Crippen molar-refractivity contribution in [2.75, 3.05) is 13.1 Å². The lowest BCUT2D eigenvalue weighted by molar-refractivity contribution is -0.125. The average molecular weight is 262 g/mol. The van der Waals surface area contributed by atoms with Crippen LogP contribution in [-0.4, -0.2) is 25.0 Å². The van der Waals surface area contributed by atoms with Crippen molar-refractivity contribution in [3.05, 3.63) is 35.6 Å². The van der Waals surface area contributed by atoms with Crippen molar-refractivity contribution in [1.29, 1.82) is 0 Å². The topological polar surface area (TPSA) is 41.1 Å². The van der Waals surface area contributed by atoms with E-state index in [0.717, 1.165) is 18.5 Å². The number of amides is 1. The van der Waals surface area contributed by atoms with Crippen molar-refractivity contribution in [1.82, 2.24) is 10.6 Å². The van der Waals surface area contributed by atoms with Crippen LogP contribution in [0.2, 0.25) is 0 Å². The lowest BCUT2D eigenvalue weighted by atomic mass is 9.97. The molecular formula is C15H19FN2O. The molecule has 19 heavy (non-hydrogen) atoms. The van der Waals surface area contributed by atoms with E-state index in [1.807, 2.05) is 6.07 Å². The van der Waals surface area contributed by atoms with Crippen molar-refractivity contribution >= 4 is 5.91 Å². The number of rotatable bonds is 4. The van der Waals surface area contributed by atoms with Crippen molar-refractivity contribution < 1.29 is 9.18 Å². The van der Waals surface area contributed by atoms with Gasteiger partial charge in [-0.1, -0.05) is 12.1 Å². The van der Waals surface area contributed by atoms with E-state index in [9.17, 15) is 9.18 Å². The van der Waals surface area contributed by atoms with Gasteiger partial charge in [-0.25, -0.2) is 4.39 Å². The number of piperidine rings is 1. The summed E-state index contributed by atoms with van der Waals surface area (Å²) in [6, 6.07) is 6.92. The molecule has 2 N–H and O–H groups in total. The van der Waals surface area contributed by atoms with E-state index >= 15 is 0 Å². The molecule has 102 valence electrons. The van der Waals surface area contributed by atoms with E-state index in [1.165, 1.54) is 18.6 Å². The van der Waals surface area contributed by atoms with Gasteiger partial charge in [0.1, 0.15) is 5.82 Å². The van der Waals surface area contributed by atoms with E-state index in [-0.39, 0.29) is 17.6 Å². The third-order valence-corrected chi connectivity index (χ3v) is 4.34. The second-order valence-corrected chi connectivity index (χ2v) is 5.55. The molecule has 1 aromatic rings. The first-order chi connectivity index (χ1) is 9.24. The quantitative estimate of drug-likeness (QED) is 0.863. The number of nitrogens with one attached hydrogen (secondary N) is 2. The zero-order chi connectivity index (χ0) is 13.2. The molecule has 1 aliphatic heterocycles. The Morgan fingerprint density at radius 1 is 1.42 bits per heavy atom. The molecule has 2 aliphatic rings. The van der Waals surface area contributed by atoms with Crippen molar-refractivity contribution in [3.63, 3.8) is 0 Å². The summed E-state index contributed by atoms with van der Waals surface area (Å²) >= 11 is 0. The molecule has 1 saturated heterocycles. The Labute approximate surface area is 112 Å². The second kappa shape index (κ2) is 5.29. The summed E-state index contributed by atoms with van der Waals surface area (Å²) in [5.41, 5.74) is 0.924. The minimum Gasteiger partial charge on any atom is -0.355 e. The summed E-state index contributed by atoms with van der Waals surface area (Å²) in [4.78, 5) is 12.1. The Morgan fingerprint density at radius 2 is 2.32 bits per heavy atom. The fourth-order valence-electron chi connectivity index (χ4n) is 3.38. The fourth-order valence-corrected chi connectivity index (χ4v) is 3.38. The normalized spacial score (nSPS) is 28.6. The number of hydrogen-bond acceptors (Lipinski definition) is 2. The third kappa shape index (κ3) is 2.63. The number of carbonyl (C=O) groups is 1. The molecule has 0 spiro atoms. The maximum Gasteiger partial charge on any atom is 0.225 e. The molecule has 1 saturated carbocycles. The van der Waals surface area contributed by atoms with Gasteiger partial charge in [-0.2, -0.15) is 0 Å². The van der Waals surface area contributed by atoms with E-state index < -0.39 is 0 Å². The molecule has 3 nitrogen and oxygen atoms in total. The van der Waals surface area contributed by atoms with Crippen LogP contribution in [0.5, 0.6) is 0 Å². The zero-order valence-electron chi connectivity index (χ0n) is 10.9. The molecule has 4 heteroatoms. The first kappa shape index (κ1) is 12.6. The molecule has 3 atom stereocenters. The average Bonchev–Trinajstić information content (AvgIpc) is 2.98. The summed E-state index contributed by atoms with van der Waals surface area (Å²) in [5, 5.41) is 6.38. The van der Waals surface area contributed by atoms with Crippen LogP contribution in [0, 0.1) is 17.7 Å². The van der Waals surface area contributed by atoms with Crippen molar-refractivity contribution in [3.8, 4) is 0 Å². The van der Waals surface area contributed by atoms with Gasteiger partial charge in [0.2, 0.25) is 5.91 Å². The Kier molecular flexibility index (Phi) is 3.51. The largest absolute Gasteiger partial charge is 0.355 e. The highest BCUT2D eigenvalue weighted by atomic mass is 19.1. The highest BCUT2D eigenvalue weighted by Crippen LogP contribution is 2.36. The molecule has 2 bridgehead atoms. The minimum absolute atomic E-state index is 0.146. The number of carbonyl (C=O) groups excluding carboxylic acids is 1. The van der Waals surface area contributed by atoms with Gasteiger partial charge in [0.05, 0.1) is 5.92 Å². The van der Waals surface area contributed by atoms with Crippen LogP contribution >= 0.6 is 0 Å². The maximum absolute atomic E-state index is 13.0. The van der Waals surface area contributed by atoms with Gasteiger partial charge in [-0.15, -0.1) is 0 Å². The molecule has 1 amide bonds. The third-order valence-electron chi connectivity index (χ3n) is 4.34. The van der Waals surface area contributed by atoms with Crippen LogP contribution < -0.4 is 10.6 Å². The maximum atomic E-state index is 13.0. The van der Waals surface area contributed by atoms with Gasteiger partial charge in [0, 0.05) is 12.6 Å². The van der Waals surface area contributed by atoms with Crippen LogP contribution in [-0.2, 0) is 11.2 Å². The first-order valence-corrected chi connectivity index (χ1v) is 6.99. The molecule has 0 radical (unpaired) electrons. The van der Waals surface area contributed by atoms with Crippen LogP contribution in [0.25, 0.3) is 0 Å². The Morgan fingerprint density at radius 3 is 2.95 bits per heavy atom. The molecule has 0 unspecified atom stereocenters. The van der Waals surface area contributed by atoms with E-state index in [4.69, 9.17) is 0 Å². The van der Waals surface area contributed by atoms with Crippen LogP contribution in [0.15, 0.2) is 24.3 Å². The van der Waals surface area contributed by atoms with Crippen molar-refractivity contribution in [2.24, 2.45) is 11.8 Å². The van der Waals surface area contributed by atoms with E-state index in [1.54, 1.807) is 6.07 Å². The first-order valence-electron chi connectivity index (χ1n) is 6.99. The monoisotopic (exact) mass is 262 g/mol. The summed E-state index contributed by atoms with van der Waals surface area (Å²) in [7, 11) is 0. The molecule has 2 fully saturated rings. The van der Waals surface area contributed by atoms with Gasteiger partial charge < -0.3 is 10.6 Å². The van der Waals surface area contributed by atoms with Crippen LogP contribution in [0.4, 0.5) is 4.39 Å². The number of halogens is 1. The van der Waals surface area contributed by atoms with Gasteiger partial charge in [0.15, 0.2) is 0 Å². The van der Waals surface area contributed by atoms with Crippen LogP contribution in [0.3, 0.4) is 0 Å². The molecule has 0 aromatic heterocycles. The molecule has 1 aromatic carbocycles. The molecule has 1 aliphatic carbocycles. The fraction of sp³-hybridized carbons (Fsp3) is 0.533. The Bertz CT molecular complexity index is 457. The predicted molar refractivity (Wildman–Crippen MR) is 71.1 cm³/mol. The van der Waals surface area contributed by atoms with E-state index in [0.29, 0.717) is 24.9 Å². The smallest absolute Gasteiger partial charge is 0.225 e. The lowest BCUT2D eigenvalue weighted by Gasteiger charge is -2.14. The van der Waals surface area contributed by atoms with Crippen LogP contribution in [0.1, 0.15) is 18.4 Å². The predicted octanol–water partition coefficient (Wildman–Crippen LogP) is 1.48. The van der Waals surface area contributed by atoms with Gasteiger partial charge in [-0.3, -0.25) is 4.79 Å². The summed E-state index contributed by atoms with van der Waals surface area (Å²) in [5.74, 6) is 0.599. The molecular weight excluding hydrogens is 243 g/mol. The summed E-state index contributed by atoms with van der Waals surface area (Å²) in [6.07, 6.45) is 2.96. The summed E-state index contributed by atoms with van der Waals surface area (Å²) < 4.78 is 13.0. The van der Waals surface area contributed by atoms with Gasteiger partial charge >= 0.3 is 0 Å². The van der Waals surface area contributed by atoms with Crippen molar-refractivity contribution in [2.45, 2.75) is 25.3 Å². The summed E-state index contributed by atoms with van der Waals surface area (Å²) in [6.45, 7) is 1.56. The van der Waals surface area contributed by atoms with E-state index in [2.05, 4.69) is 10.6 Å². The Hall–Kier alpha value is -1.42. The zero-order valence-corrected chi connectivity index (χ0v) is 10.9. The highest BCUT2D eigenvalue weighted by molar-refractivity contribution is 5.80. The standard InChI is InChI=1S/C15H19FN2O/c16-12-3-1-2-10(8-12)6-7-17-15(19)14-11-4-5-13(14)18-9-11/h1-3,8,11,13-14,18H,4-7,9H2,(H,17,19)/t11-,13-,14+/m0/s1. The highest BCUT2D eigenvalue weighted by Gasteiger charge is 2.45. The SMILES string of the molecule is O=C(NCCc1cccc(F)c1)[C@@H]1[C@H]2CC[C@@H]1NC2. The second-order valence-electron chi connectivity index (χ2n) is 5.55. The molecule has 1 heterocycles. The number of benzene rings is 1. The lowest BCUT2D eigenvalue weighted by Crippen LogP contribution is -2.37. The minimum atomic E-state index is -0.220. The Balaban J connectivity index is 1.49. The molecule has 3 rings (SSSR count). The van der Waals surface area contributed by atoms with Gasteiger partial charge in [0.25, 0.3) is 0 Å². The number of hydrogen-bond donors (Lipinski definition) is 2.